The monoisotopic (exact) mass is 326 g/mol. The van der Waals surface area contributed by atoms with Crippen LogP contribution in [0.4, 0.5) is 0 Å². The van der Waals surface area contributed by atoms with Crippen LogP contribution in [0.2, 0.25) is 0 Å². The molecule has 22 heavy (non-hydrogen) atoms. The second-order valence-electron chi connectivity index (χ2n) is 5.20. The van der Waals surface area contributed by atoms with Gasteiger partial charge in [0.2, 0.25) is 0 Å². The number of nitrogens with zero attached hydrogens (tertiary/aromatic N) is 2. The molecule has 0 atom stereocenters. The Labute approximate surface area is 140 Å². The molecule has 1 aromatic carbocycles. The van der Waals surface area contributed by atoms with Crippen molar-refractivity contribution in [3.05, 3.63) is 69.3 Å². The molecule has 112 valence electrons. The van der Waals surface area contributed by atoms with E-state index in [9.17, 15) is 0 Å². The van der Waals surface area contributed by atoms with Crippen LogP contribution in [0.5, 0.6) is 0 Å². The van der Waals surface area contributed by atoms with Crippen molar-refractivity contribution in [3.63, 3.8) is 0 Å². The SMILES string of the molecule is CCCc1sc(=S)n(Cc2ccncc2)c1-c1ccccc1. The zero-order valence-corrected chi connectivity index (χ0v) is 14.2. The predicted octanol–water partition coefficient (Wildman–Crippen LogP) is 5.34. The fourth-order valence-electron chi connectivity index (χ4n) is 2.57. The first-order chi connectivity index (χ1) is 10.8. The van der Waals surface area contributed by atoms with Gasteiger partial charge in [0.1, 0.15) is 0 Å². The number of thiazole rings is 1. The van der Waals surface area contributed by atoms with Gasteiger partial charge in [-0.05, 0) is 41.9 Å². The van der Waals surface area contributed by atoms with Crippen molar-refractivity contribution >= 4 is 23.6 Å². The fourth-order valence-corrected chi connectivity index (χ4v) is 4.14. The fraction of sp³-hybridized carbons (Fsp3) is 0.222. The Kier molecular flexibility index (Phi) is 4.80. The predicted molar refractivity (Wildman–Crippen MR) is 95.9 cm³/mol. The van der Waals surface area contributed by atoms with Crippen molar-refractivity contribution < 1.29 is 0 Å². The summed E-state index contributed by atoms with van der Waals surface area (Å²) in [4.78, 5) is 5.47. The zero-order valence-electron chi connectivity index (χ0n) is 12.5. The highest BCUT2D eigenvalue weighted by Gasteiger charge is 2.14. The maximum Gasteiger partial charge on any atom is 0.162 e. The Morgan fingerprint density at radius 1 is 1.09 bits per heavy atom. The summed E-state index contributed by atoms with van der Waals surface area (Å²) in [6.07, 6.45) is 5.87. The van der Waals surface area contributed by atoms with Crippen LogP contribution in [0.3, 0.4) is 0 Å². The van der Waals surface area contributed by atoms with Gasteiger partial charge in [0.15, 0.2) is 3.95 Å². The Morgan fingerprint density at radius 2 is 1.82 bits per heavy atom. The minimum atomic E-state index is 0.797. The molecule has 2 aromatic heterocycles. The molecular formula is C18H18N2S2. The van der Waals surface area contributed by atoms with Crippen molar-refractivity contribution in [2.75, 3.05) is 0 Å². The summed E-state index contributed by atoms with van der Waals surface area (Å²) in [5, 5.41) is 0. The molecule has 0 saturated carbocycles. The standard InChI is InChI=1S/C18H18N2S2/c1-2-6-16-17(15-7-4-3-5-8-15)20(18(21)22-16)13-14-9-11-19-12-10-14/h3-5,7-12H,2,6,13H2,1H3. The molecule has 2 nitrogen and oxygen atoms in total. The third kappa shape index (κ3) is 3.18. The van der Waals surface area contributed by atoms with E-state index in [4.69, 9.17) is 12.2 Å². The van der Waals surface area contributed by atoms with E-state index >= 15 is 0 Å². The largest absolute Gasteiger partial charge is 0.318 e. The third-order valence-corrected chi connectivity index (χ3v) is 5.09. The smallest absolute Gasteiger partial charge is 0.162 e. The lowest BCUT2D eigenvalue weighted by molar-refractivity contribution is 0.798. The molecule has 0 aliphatic heterocycles. The van der Waals surface area contributed by atoms with Crippen molar-refractivity contribution in [2.24, 2.45) is 0 Å². The lowest BCUT2D eigenvalue weighted by Crippen LogP contribution is -2.03. The van der Waals surface area contributed by atoms with E-state index in [1.54, 1.807) is 11.3 Å². The van der Waals surface area contributed by atoms with E-state index in [0.29, 0.717) is 0 Å². The minimum Gasteiger partial charge on any atom is -0.318 e. The quantitative estimate of drug-likeness (QED) is 0.589. The molecule has 3 rings (SSSR count). The van der Waals surface area contributed by atoms with Gasteiger partial charge in [0, 0.05) is 23.8 Å². The first-order valence-electron chi connectivity index (χ1n) is 7.46. The summed E-state index contributed by atoms with van der Waals surface area (Å²) >= 11 is 7.38. The highest BCUT2D eigenvalue weighted by atomic mass is 32.1. The molecule has 0 spiro atoms. The van der Waals surface area contributed by atoms with E-state index in [-0.39, 0.29) is 0 Å². The van der Waals surface area contributed by atoms with Crippen LogP contribution in [-0.4, -0.2) is 9.55 Å². The number of aryl methyl sites for hydroxylation is 1. The molecule has 3 aromatic rings. The average molecular weight is 326 g/mol. The van der Waals surface area contributed by atoms with Crippen molar-refractivity contribution in [1.29, 1.82) is 0 Å². The van der Waals surface area contributed by atoms with Crippen LogP contribution in [-0.2, 0) is 13.0 Å². The maximum absolute atomic E-state index is 5.64. The van der Waals surface area contributed by atoms with Gasteiger partial charge in [-0.25, -0.2) is 0 Å². The van der Waals surface area contributed by atoms with Crippen LogP contribution in [0.25, 0.3) is 11.3 Å². The third-order valence-electron chi connectivity index (χ3n) is 3.58. The van der Waals surface area contributed by atoms with E-state index < -0.39 is 0 Å². The number of rotatable bonds is 5. The summed E-state index contributed by atoms with van der Waals surface area (Å²) in [6, 6.07) is 14.7. The van der Waals surface area contributed by atoms with Crippen LogP contribution >= 0.6 is 23.6 Å². The molecule has 0 bridgehead atoms. The van der Waals surface area contributed by atoms with Crippen LogP contribution in [0.1, 0.15) is 23.8 Å². The summed E-state index contributed by atoms with van der Waals surface area (Å²) in [6.45, 7) is 3.01. The molecule has 4 heteroatoms. The molecule has 2 heterocycles. The van der Waals surface area contributed by atoms with Gasteiger partial charge in [0.05, 0.1) is 5.69 Å². The van der Waals surface area contributed by atoms with Crippen molar-refractivity contribution in [1.82, 2.24) is 9.55 Å². The van der Waals surface area contributed by atoms with Crippen LogP contribution in [0, 0.1) is 3.95 Å². The second kappa shape index (κ2) is 6.99. The van der Waals surface area contributed by atoms with Gasteiger partial charge in [-0.1, -0.05) is 43.7 Å². The number of hydrogen-bond acceptors (Lipinski definition) is 3. The molecule has 0 radical (unpaired) electrons. The van der Waals surface area contributed by atoms with Gasteiger partial charge >= 0.3 is 0 Å². The molecule has 0 amide bonds. The molecule has 0 unspecified atom stereocenters. The van der Waals surface area contributed by atoms with Crippen molar-refractivity contribution in [2.45, 2.75) is 26.3 Å². The lowest BCUT2D eigenvalue weighted by Gasteiger charge is -2.11. The summed E-state index contributed by atoms with van der Waals surface area (Å²) in [7, 11) is 0. The topological polar surface area (TPSA) is 17.8 Å². The second-order valence-corrected chi connectivity index (χ2v) is 6.93. The maximum atomic E-state index is 5.64. The molecular weight excluding hydrogens is 308 g/mol. The van der Waals surface area contributed by atoms with Gasteiger partial charge in [-0.3, -0.25) is 4.98 Å². The Bertz CT molecular complexity index is 789. The molecule has 0 aliphatic carbocycles. The Hall–Kier alpha value is -1.78. The van der Waals surface area contributed by atoms with Crippen molar-refractivity contribution in [3.8, 4) is 11.3 Å². The summed E-state index contributed by atoms with van der Waals surface area (Å²) in [5.41, 5.74) is 3.74. The highest BCUT2D eigenvalue weighted by molar-refractivity contribution is 7.73. The van der Waals surface area contributed by atoms with Crippen LogP contribution in [0.15, 0.2) is 54.9 Å². The summed E-state index contributed by atoms with van der Waals surface area (Å²) < 4.78 is 3.20. The minimum absolute atomic E-state index is 0.797. The van der Waals surface area contributed by atoms with Gasteiger partial charge in [-0.15, -0.1) is 11.3 Å². The van der Waals surface area contributed by atoms with Gasteiger partial charge < -0.3 is 4.57 Å². The number of benzene rings is 1. The number of pyridine rings is 1. The molecule has 0 fully saturated rings. The first-order valence-corrected chi connectivity index (χ1v) is 8.69. The van der Waals surface area contributed by atoms with E-state index in [0.717, 1.165) is 23.3 Å². The van der Waals surface area contributed by atoms with E-state index in [1.807, 2.05) is 24.5 Å². The Balaban J connectivity index is 2.11. The highest BCUT2D eigenvalue weighted by Crippen LogP contribution is 2.31. The number of hydrogen-bond donors (Lipinski definition) is 0. The number of aromatic nitrogens is 2. The Morgan fingerprint density at radius 3 is 2.50 bits per heavy atom. The molecule has 0 saturated heterocycles. The van der Waals surface area contributed by atoms with E-state index in [1.165, 1.54) is 21.7 Å². The van der Waals surface area contributed by atoms with Gasteiger partial charge in [0.25, 0.3) is 0 Å². The van der Waals surface area contributed by atoms with Crippen LogP contribution < -0.4 is 0 Å². The molecule has 0 aliphatic rings. The normalized spacial score (nSPS) is 10.8. The molecule has 0 N–H and O–H groups in total. The average Bonchev–Trinajstić information content (AvgIpc) is 2.85. The lowest BCUT2D eigenvalue weighted by atomic mass is 10.1. The summed E-state index contributed by atoms with van der Waals surface area (Å²) in [5.74, 6) is 0. The first kappa shape index (κ1) is 15.1. The van der Waals surface area contributed by atoms with E-state index in [2.05, 4.69) is 46.8 Å². The zero-order chi connectivity index (χ0) is 15.4. The van der Waals surface area contributed by atoms with Gasteiger partial charge in [-0.2, -0.15) is 0 Å².